The van der Waals surface area contributed by atoms with E-state index in [9.17, 15) is 0 Å². The van der Waals surface area contributed by atoms with Gasteiger partial charge in [0.15, 0.2) is 0 Å². The molecule has 12 aromatic rings. The Hall–Kier alpha value is -8.60. The maximum Gasteiger partial charge on any atom is 0.135 e. The molecule has 0 saturated carbocycles. The second-order valence-electron chi connectivity index (χ2n) is 18.1. The van der Waals surface area contributed by atoms with Gasteiger partial charge < -0.3 is 18.6 Å². The number of anilines is 6. The number of hydrogen-bond acceptors (Lipinski definition) is 4. The van der Waals surface area contributed by atoms with Crippen molar-refractivity contribution in [3.05, 3.63) is 242 Å². The zero-order valence-corrected chi connectivity index (χ0v) is 37.2. The molecular weight excluding hydrogens is 817 g/mol. The maximum atomic E-state index is 6.31. The number of fused-ring (bicyclic) bond motifs is 9. The van der Waals surface area contributed by atoms with E-state index in [4.69, 9.17) is 8.83 Å². The van der Waals surface area contributed by atoms with Crippen LogP contribution in [0.3, 0.4) is 0 Å². The van der Waals surface area contributed by atoms with Crippen LogP contribution in [-0.2, 0) is 5.41 Å². The van der Waals surface area contributed by atoms with Crippen LogP contribution < -0.4 is 9.80 Å². The van der Waals surface area contributed by atoms with Crippen LogP contribution in [0.5, 0.6) is 0 Å². The third kappa shape index (κ3) is 6.44. The summed E-state index contributed by atoms with van der Waals surface area (Å²) < 4.78 is 12.6. The van der Waals surface area contributed by atoms with Gasteiger partial charge in [-0.1, -0.05) is 147 Å². The standard InChI is InChI=1S/C63H44N2O2/c1-63(2)57-39-49(64(45-15-7-4-8-16-45)46-27-25-44(26-28-46)43-23-21-42(22-24-43)41-13-5-3-6-14-41)29-33-51(57)52-34-30-50(40-58(52)63)65(47-31-35-61-55(37-47)53-17-9-11-19-59(53)66-61)48-32-36-62-56(38-48)54-18-10-12-20-60(54)67-62/h3-40H,1-2H3. The highest BCUT2D eigenvalue weighted by Crippen LogP contribution is 2.53. The Kier molecular flexibility index (Phi) is 8.84. The van der Waals surface area contributed by atoms with E-state index in [1.54, 1.807) is 0 Å². The highest BCUT2D eigenvalue weighted by Gasteiger charge is 2.37. The molecule has 318 valence electrons. The Labute approximate surface area is 389 Å². The fraction of sp³-hybridized carbons (Fsp3) is 0.0476. The van der Waals surface area contributed by atoms with E-state index in [0.717, 1.165) is 78.0 Å². The molecule has 0 N–H and O–H groups in total. The third-order valence-corrected chi connectivity index (χ3v) is 13.9. The van der Waals surface area contributed by atoms with Crippen LogP contribution in [-0.4, -0.2) is 0 Å². The number of hydrogen-bond donors (Lipinski definition) is 0. The number of rotatable bonds is 8. The lowest BCUT2D eigenvalue weighted by Crippen LogP contribution is -2.17. The average Bonchev–Trinajstić information content (AvgIpc) is 4.02. The number of nitrogens with zero attached hydrogens (tertiary/aromatic N) is 2. The summed E-state index contributed by atoms with van der Waals surface area (Å²) in [5.41, 5.74) is 19.7. The first kappa shape index (κ1) is 38.8. The maximum absolute atomic E-state index is 6.31. The first-order valence-corrected chi connectivity index (χ1v) is 23.0. The summed E-state index contributed by atoms with van der Waals surface area (Å²) in [7, 11) is 0. The predicted molar refractivity (Wildman–Crippen MR) is 279 cm³/mol. The lowest BCUT2D eigenvalue weighted by Gasteiger charge is -2.29. The van der Waals surface area contributed by atoms with Crippen molar-refractivity contribution in [2.75, 3.05) is 9.80 Å². The van der Waals surface area contributed by atoms with Gasteiger partial charge in [0, 0.05) is 61.1 Å². The molecular formula is C63H44N2O2. The molecule has 0 atom stereocenters. The van der Waals surface area contributed by atoms with Gasteiger partial charge in [-0.25, -0.2) is 0 Å². The van der Waals surface area contributed by atoms with Crippen molar-refractivity contribution in [1.29, 1.82) is 0 Å². The second-order valence-corrected chi connectivity index (χ2v) is 18.1. The van der Waals surface area contributed by atoms with Crippen molar-refractivity contribution in [3.63, 3.8) is 0 Å². The van der Waals surface area contributed by atoms with Gasteiger partial charge in [0.05, 0.1) is 0 Å². The first-order valence-electron chi connectivity index (χ1n) is 23.0. The van der Waals surface area contributed by atoms with E-state index < -0.39 is 0 Å². The molecule has 2 heterocycles. The lowest BCUT2D eigenvalue weighted by molar-refractivity contribution is 0.660. The van der Waals surface area contributed by atoms with E-state index >= 15 is 0 Å². The first-order chi connectivity index (χ1) is 32.9. The lowest BCUT2D eigenvalue weighted by atomic mass is 9.82. The van der Waals surface area contributed by atoms with E-state index in [-0.39, 0.29) is 5.41 Å². The van der Waals surface area contributed by atoms with Gasteiger partial charge in [-0.2, -0.15) is 0 Å². The third-order valence-electron chi connectivity index (χ3n) is 13.9. The topological polar surface area (TPSA) is 32.8 Å². The molecule has 0 fully saturated rings. The smallest absolute Gasteiger partial charge is 0.135 e. The Morgan fingerprint density at radius 2 is 0.627 bits per heavy atom. The van der Waals surface area contributed by atoms with E-state index in [1.807, 2.05) is 24.3 Å². The number of benzene rings is 10. The van der Waals surface area contributed by atoms with Gasteiger partial charge in [-0.05, 0) is 142 Å². The fourth-order valence-corrected chi connectivity index (χ4v) is 10.5. The molecule has 4 heteroatoms. The molecule has 0 amide bonds. The van der Waals surface area contributed by atoms with E-state index in [2.05, 4.69) is 230 Å². The van der Waals surface area contributed by atoms with E-state index in [0.29, 0.717) is 0 Å². The molecule has 2 aromatic heterocycles. The molecule has 1 aliphatic rings. The minimum atomic E-state index is -0.296. The van der Waals surface area contributed by atoms with Gasteiger partial charge in [0.1, 0.15) is 22.3 Å². The summed E-state index contributed by atoms with van der Waals surface area (Å²) >= 11 is 0. The van der Waals surface area contributed by atoms with Crippen LogP contribution in [0, 0.1) is 0 Å². The minimum Gasteiger partial charge on any atom is -0.456 e. The van der Waals surface area contributed by atoms with Gasteiger partial charge in [-0.3, -0.25) is 0 Å². The van der Waals surface area contributed by atoms with Gasteiger partial charge >= 0.3 is 0 Å². The van der Waals surface area contributed by atoms with Gasteiger partial charge in [0.2, 0.25) is 0 Å². The fourth-order valence-electron chi connectivity index (χ4n) is 10.5. The van der Waals surface area contributed by atoms with Crippen molar-refractivity contribution in [2.24, 2.45) is 0 Å². The van der Waals surface area contributed by atoms with Crippen LogP contribution in [0.1, 0.15) is 25.0 Å². The molecule has 0 radical (unpaired) electrons. The summed E-state index contributed by atoms with van der Waals surface area (Å²) in [5, 5.41) is 4.38. The molecule has 1 aliphatic carbocycles. The van der Waals surface area contributed by atoms with Crippen molar-refractivity contribution < 1.29 is 8.83 Å². The van der Waals surface area contributed by atoms with Crippen molar-refractivity contribution in [1.82, 2.24) is 0 Å². The Morgan fingerprint density at radius 1 is 0.284 bits per heavy atom. The van der Waals surface area contributed by atoms with Crippen LogP contribution in [0.4, 0.5) is 34.1 Å². The van der Waals surface area contributed by atoms with E-state index in [1.165, 1.54) is 44.5 Å². The van der Waals surface area contributed by atoms with Crippen LogP contribution in [0.2, 0.25) is 0 Å². The van der Waals surface area contributed by atoms with Crippen molar-refractivity contribution in [3.8, 4) is 33.4 Å². The minimum absolute atomic E-state index is 0.296. The molecule has 67 heavy (non-hydrogen) atoms. The molecule has 0 saturated heterocycles. The average molecular weight is 861 g/mol. The highest BCUT2D eigenvalue weighted by molar-refractivity contribution is 6.08. The van der Waals surface area contributed by atoms with Gasteiger partial charge in [0.25, 0.3) is 0 Å². The predicted octanol–water partition coefficient (Wildman–Crippen LogP) is 18.1. The Balaban J connectivity index is 0.891. The summed E-state index contributed by atoms with van der Waals surface area (Å²) in [6.45, 7) is 4.74. The SMILES string of the molecule is CC1(C)c2cc(N(c3ccccc3)c3ccc(-c4ccc(-c5ccccc5)cc4)cc3)ccc2-c2ccc(N(c3ccc4oc5ccccc5c4c3)c3ccc4oc5ccccc5c4c3)cc21. The quantitative estimate of drug-likeness (QED) is 0.152. The van der Waals surface area contributed by atoms with Crippen LogP contribution >= 0.6 is 0 Å². The largest absolute Gasteiger partial charge is 0.456 e. The summed E-state index contributed by atoms with van der Waals surface area (Å²) in [4.78, 5) is 4.76. The van der Waals surface area contributed by atoms with Crippen LogP contribution in [0.25, 0.3) is 77.3 Å². The molecule has 0 aliphatic heterocycles. The summed E-state index contributed by atoms with van der Waals surface area (Å²) in [6, 6.07) is 82.8. The zero-order chi connectivity index (χ0) is 44.6. The molecule has 0 bridgehead atoms. The Bertz CT molecular complexity index is 3710. The number of furan rings is 2. The van der Waals surface area contributed by atoms with Crippen molar-refractivity contribution in [2.45, 2.75) is 19.3 Å². The molecule has 0 unspecified atom stereocenters. The number of para-hydroxylation sites is 3. The normalized spacial score (nSPS) is 12.7. The summed E-state index contributed by atoms with van der Waals surface area (Å²) in [5.74, 6) is 0. The summed E-state index contributed by atoms with van der Waals surface area (Å²) in [6.07, 6.45) is 0. The van der Waals surface area contributed by atoms with Crippen LogP contribution in [0.15, 0.2) is 239 Å². The van der Waals surface area contributed by atoms with Gasteiger partial charge in [-0.15, -0.1) is 0 Å². The highest BCUT2D eigenvalue weighted by atomic mass is 16.3. The molecule has 13 rings (SSSR count). The zero-order valence-electron chi connectivity index (χ0n) is 37.2. The molecule has 4 nitrogen and oxygen atoms in total. The van der Waals surface area contributed by atoms with Crippen molar-refractivity contribution >= 4 is 78.0 Å². The second kappa shape index (κ2) is 15.3. The molecule has 0 spiro atoms. The monoisotopic (exact) mass is 860 g/mol. The Morgan fingerprint density at radius 3 is 1.13 bits per heavy atom. The molecule has 10 aromatic carbocycles.